The van der Waals surface area contributed by atoms with Crippen molar-refractivity contribution in [2.24, 2.45) is 5.92 Å². The van der Waals surface area contributed by atoms with Gasteiger partial charge in [0.15, 0.2) is 0 Å². The summed E-state index contributed by atoms with van der Waals surface area (Å²) in [6.07, 6.45) is 1.03. The zero-order valence-corrected chi connectivity index (χ0v) is 21.4. The van der Waals surface area contributed by atoms with Crippen molar-refractivity contribution in [1.29, 1.82) is 0 Å². The number of piperazine rings is 1. The van der Waals surface area contributed by atoms with Crippen LogP contribution in [0.15, 0.2) is 53.4 Å². The van der Waals surface area contributed by atoms with Crippen LogP contribution >= 0.6 is 0 Å². The third-order valence-corrected chi connectivity index (χ3v) is 8.12. The number of hydrogen-bond donors (Lipinski definition) is 1. The van der Waals surface area contributed by atoms with Gasteiger partial charge in [-0.1, -0.05) is 32.0 Å². The number of nitrogens with zero attached hydrogens (tertiary/aromatic N) is 3. The molecule has 1 saturated heterocycles. The molecule has 2 heterocycles. The van der Waals surface area contributed by atoms with E-state index in [9.17, 15) is 18.0 Å². The van der Waals surface area contributed by atoms with Crippen molar-refractivity contribution in [3.8, 4) is 0 Å². The quantitative estimate of drug-likeness (QED) is 0.634. The molecular weight excluding hydrogens is 464 g/mol. The molecule has 2 aliphatic heterocycles. The first-order chi connectivity index (χ1) is 16.7. The molecule has 0 bridgehead atoms. The third kappa shape index (κ3) is 5.67. The van der Waals surface area contributed by atoms with Crippen LogP contribution in [0, 0.1) is 5.92 Å². The molecule has 1 atom stereocenters. The van der Waals surface area contributed by atoms with Gasteiger partial charge in [0.25, 0.3) is 0 Å². The first kappa shape index (κ1) is 25.2. The number of carbonyl (C=O) groups excluding carboxylic acids is 2. The number of carbonyl (C=O) groups is 2. The molecule has 35 heavy (non-hydrogen) atoms. The molecule has 4 rings (SSSR count). The van der Waals surface area contributed by atoms with Crippen molar-refractivity contribution >= 4 is 33.2 Å². The summed E-state index contributed by atoms with van der Waals surface area (Å²) in [6, 6.07) is 14.1. The Morgan fingerprint density at radius 3 is 2.29 bits per heavy atom. The average molecular weight is 499 g/mol. The molecule has 1 fully saturated rings. The van der Waals surface area contributed by atoms with E-state index in [0.29, 0.717) is 45.6 Å². The Morgan fingerprint density at radius 2 is 1.66 bits per heavy atom. The van der Waals surface area contributed by atoms with Gasteiger partial charge in [0.2, 0.25) is 21.8 Å². The van der Waals surface area contributed by atoms with Gasteiger partial charge in [-0.2, -0.15) is 4.72 Å². The van der Waals surface area contributed by atoms with Crippen LogP contribution in [0.1, 0.15) is 32.8 Å². The Labute approximate surface area is 207 Å². The second kappa shape index (κ2) is 10.4. The average Bonchev–Trinajstić information content (AvgIpc) is 3.27. The van der Waals surface area contributed by atoms with Gasteiger partial charge in [0, 0.05) is 51.0 Å². The topological polar surface area (TPSA) is 90.0 Å². The highest BCUT2D eigenvalue weighted by Crippen LogP contribution is 2.30. The number of amides is 2. The third-order valence-electron chi connectivity index (χ3n) is 6.65. The highest BCUT2D eigenvalue weighted by molar-refractivity contribution is 7.89. The van der Waals surface area contributed by atoms with Crippen LogP contribution in [-0.2, 0) is 26.0 Å². The summed E-state index contributed by atoms with van der Waals surface area (Å²) in [5.41, 5.74) is 2.70. The van der Waals surface area contributed by atoms with Crippen LogP contribution in [0.3, 0.4) is 0 Å². The van der Waals surface area contributed by atoms with E-state index in [1.54, 1.807) is 21.9 Å². The molecular formula is C26H34N4O4S. The van der Waals surface area contributed by atoms with E-state index < -0.39 is 16.1 Å². The predicted octanol–water partition coefficient (Wildman–Crippen LogP) is 2.64. The van der Waals surface area contributed by atoms with Gasteiger partial charge < -0.3 is 14.7 Å². The SMILES string of the molecule is CC(=O)N1CCc2cc(S(=O)(=O)N[C@H](CC(C)C)C(=O)N3CCN(c4ccccc4)CC3)ccc21. The minimum Gasteiger partial charge on any atom is -0.368 e. The summed E-state index contributed by atoms with van der Waals surface area (Å²) in [5, 5.41) is 0. The van der Waals surface area contributed by atoms with E-state index in [1.807, 2.05) is 32.0 Å². The van der Waals surface area contributed by atoms with Gasteiger partial charge in [-0.05, 0) is 54.7 Å². The standard InChI is InChI=1S/C26H34N4O4S/c1-19(2)17-24(26(32)29-15-13-28(14-16-29)22-7-5-4-6-8-22)27-35(33,34)23-9-10-25-21(18-23)11-12-30(25)20(3)31/h4-10,18-19,24,27H,11-17H2,1-3H3/t24-/m1/s1. The second-order valence-electron chi connectivity index (χ2n) is 9.66. The highest BCUT2D eigenvalue weighted by atomic mass is 32.2. The molecule has 8 nitrogen and oxygen atoms in total. The van der Waals surface area contributed by atoms with Gasteiger partial charge in [-0.3, -0.25) is 9.59 Å². The van der Waals surface area contributed by atoms with E-state index in [-0.39, 0.29) is 22.6 Å². The number of benzene rings is 2. The van der Waals surface area contributed by atoms with Crippen LogP contribution in [0.4, 0.5) is 11.4 Å². The predicted molar refractivity (Wildman–Crippen MR) is 137 cm³/mol. The Morgan fingerprint density at radius 1 is 0.971 bits per heavy atom. The van der Waals surface area contributed by atoms with Gasteiger partial charge in [-0.15, -0.1) is 0 Å². The summed E-state index contributed by atoms with van der Waals surface area (Å²) < 4.78 is 29.3. The van der Waals surface area contributed by atoms with Crippen molar-refractivity contribution < 1.29 is 18.0 Å². The molecule has 9 heteroatoms. The highest BCUT2D eigenvalue weighted by Gasteiger charge is 2.32. The lowest BCUT2D eigenvalue weighted by atomic mass is 10.0. The first-order valence-corrected chi connectivity index (χ1v) is 13.7. The van der Waals surface area contributed by atoms with Crippen LogP contribution in [0.5, 0.6) is 0 Å². The van der Waals surface area contributed by atoms with Gasteiger partial charge in [0.1, 0.15) is 6.04 Å². The van der Waals surface area contributed by atoms with E-state index in [1.165, 1.54) is 13.0 Å². The number of rotatable bonds is 7. The fourth-order valence-corrected chi connectivity index (χ4v) is 6.09. The number of fused-ring (bicyclic) bond motifs is 1. The first-order valence-electron chi connectivity index (χ1n) is 12.2. The maximum Gasteiger partial charge on any atom is 0.241 e. The molecule has 0 spiro atoms. The van der Waals surface area contributed by atoms with Gasteiger partial charge in [0.05, 0.1) is 4.90 Å². The lowest BCUT2D eigenvalue weighted by Crippen LogP contribution is -2.55. The molecule has 2 aromatic carbocycles. The molecule has 0 aromatic heterocycles. The lowest BCUT2D eigenvalue weighted by molar-refractivity contribution is -0.133. The number of sulfonamides is 1. The van der Waals surface area contributed by atoms with Crippen LogP contribution in [-0.4, -0.2) is 63.9 Å². The lowest BCUT2D eigenvalue weighted by Gasteiger charge is -2.38. The Kier molecular flexibility index (Phi) is 7.47. The van der Waals surface area contributed by atoms with Crippen molar-refractivity contribution in [2.75, 3.05) is 42.5 Å². The molecule has 2 aromatic rings. The van der Waals surface area contributed by atoms with Crippen LogP contribution in [0.2, 0.25) is 0 Å². The van der Waals surface area contributed by atoms with Crippen LogP contribution in [0.25, 0.3) is 0 Å². The number of nitrogens with one attached hydrogen (secondary N) is 1. The molecule has 188 valence electrons. The second-order valence-corrected chi connectivity index (χ2v) is 11.4. The van der Waals surface area contributed by atoms with E-state index in [0.717, 1.165) is 16.9 Å². The minimum atomic E-state index is -3.91. The maximum absolute atomic E-state index is 13.4. The van der Waals surface area contributed by atoms with Crippen molar-refractivity contribution in [3.05, 3.63) is 54.1 Å². The van der Waals surface area contributed by atoms with Gasteiger partial charge in [-0.25, -0.2) is 8.42 Å². The largest absolute Gasteiger partial charge is 0.368 e. The summed E-state index contributed by atoms with van der Waals surface area (Å²) in [6.45, 7) is 8.51. The van der Waals surface area contributed by atoms with E-state index in [2.05, 4.69) is 21.8 Å². The summed E-state index contributed by atoms with van der Waals surface area (Å²) >= 11 is 0. The van der Waals surface area contributed by atoms with Gasteiger partial charge >= 0.3 is 0 Å². The van der Waals surface area contributed by atoms with E-state index >= 15 is 0 Å². The molecule has 0 radical (unpaired) electrons. The van der Waals surface area contributed by atoms with Crippen molar-refractivity contribution in [3.63, 3.8) is 0 Å². The number of anilines is 2. The fraction of sp³-hybridized carbons (Fsp3) is 0.462. The summed E-state index contributed by atoms with van der Waals surface area (Å²) in [7, 11) is -3.91. The fourth-order valence-electron chi connectivity index (χ4n) is 4.84. The summed E-state index contributed by atoms with van der Waals surface area (Å²) in [5.74, 6) is -0.104. The van der Waals surface area contributed by atoms with Crippen molar-refractivity contribution in [1.82, 2.24) is 9.62 Å². The zero-order chi connectivity index (χ0) is 25.2. The Hall–Kier alpha value is -2.91. The number of hydrogen-bond acceptors (Lipinski definition) is 5. The minimum absolute atomic E-state index is 0.0626. The summed E-state index contributed by atoms with van der Waals surface area (Å²) in [4.78, 5) is 31.0. The molecule has 0 unspecified atom stereocenters. The van der Waals surface area contributed by atoms with Crippen molar-refractivity contribution in [2.45, 2.75) is 44.6 Å². The normalized spacial score (nSPS) is 17.0. The number of para-hydroxylation sites is 1. The van der Waals surface area contributed by atoms with Crippen LogP contribution < -0.4 is 14.5 Å². The Bertz CT molecular complexity index is 1180. The molecule has 2 aliphatic rings. The maximum atomic E-state index is 13.4. The van der Waals surface area contributed by atoms with E-state index in [4.69, 9.17) is 0 Å². The smallest absolute Gasteiger partial charge is 0.241 e. The molecule has 0 saturated carbocycles. The monoisotopic (exact) mass is 498 g/mol. The molecule has 1 N–H and O–H groups in total. The zero-order valence-electron chi connectivity index (χ0n) is 20.6. The molecule has 0 aliphatic carbocycles. The Balaban J connectivity index is 1.47. The molecule has 2 amide bonds.